The first-order valence-electron chi connectivity index (χ1n) is 9.67. The van der Waals surface area contributed by atoms with Crippen LogP contribution in [0.4, 0.5) is 0 Å². The SMILES string of the molecule is CCOC(C)O[C@@H]1C[C@H](CCC(=O)CCP(=O)(OC)OC)N2CCC[C@@H]12. The second-order valence-corrected chi connectivity index (χ2v) is 9.46. The average molecular weight is 391 g/mol. The van der Waals surface area contributed by atoms with Crippen LogP contribution in [0.1, 0.15) is 52.4 Å². The molecule has 0 saturated carbocycles. The minimum atomic E-state index is -3.10. The summed E-state index contributed by atoms with van der Waals surface area (Å²) in [6, 6.07) is 0.821. The normalized spacial score (nSPS) is 27.6. The van der Waals surface area contributed by atoms with Crippen molar-refractivity contribution in [2.75, 3.05) is 33.5 Å². The quantitative estimate of drug-likeness (QED) is 0.373. The predicted molar refractivity (Wildman–Crippen MR) is 99.4 cm³/mol. The number of carbonyl (C=O) groups is 1. The van der Waals surface area contributed by atoms with Crippen molar-refractivity contribution in [2.45, 2.75) is 76.9 Å². The van der Waals surface area contributed by atoms with Gasteiger partial charge in [-0.15, -0.1) is 0 Å². The van der Waals surface area contributed by atoms with E-state index in [9.17, 15) is 9.36 Å². The second kappa shape index (κ2) is 10.3. The van der Waals surface area contributed by atoms with E-state index in [0.717, 1.165) is 25.8 Å². The van der Waals surface area contributed by atoms with Crippen molar-refractivity contribution in [1.29, 1.82) is 0 Å². The van der Waals surface area contributed by atoms with Gasteiger partial charge in [-0.2, -0.15) is 0 Å². The van der Waals surface area contributed by atoms with E-state index >= 15 is 0 Å². The number of rotatable bonds is 12. The van der Waals surface area contributed by atoms with Gasteiger partial charge in [-0.25, -0.2) is 0 Å². The monoisotopic (exact) mass is 391 g/mol. The molecule has 7 nitrogen and oxygen atoms in total. The van der Waals surface area contributed by atoms with Crippen LogP contribution in [-0.2, 0) is 27.9 Å². The molecule has 0 aromatic rings. The Morgan fingerprint density at radius 1 is 1.27 bits per heavy atom. The first-order chi connectivity index (χ1) is 12.4. The molecule has 0 bridgehead atoms. The van der Waals surface area contributed by atoms with Crippen LogP contribution in [0.25, 0.3) is 0 Å². The lowest BCUT2D eigenvalue weighted by Crippen LogP contribution is -2.35. The minimum Gasteiger partial charge on any atom is -0.353 e. The molecule has 0 amide bonds. The summed E-state index contributed by atoms with van der Waals surface area (Å²) < 4.78 is 33.4. The van der Waals surface area contributed by atoms with Gasteiger partial charge in [0, 0.05) is 45.8 Å². The number of hydrogen-bond acceptors (Lipinski definition) is 7. The van der Waals surface area contributed by atoms with Gasteiger partial charge in [0.2, 0.25) is 0 Å². The lowest BCUT2D eigenvalue weighted by atomic mass is 10.0. The van der Waals surface area contributed by atoms with Crippen LogP contribution in [-0.4, -0.2) is 68.7 Å². The summed E-state index contributed by atoms with van der Waals surface area (Å²) >= 11 is 0. The predicted octanol–water partition coefficient (Wildman–Crippen LogP) is 3.22. The maximum Gasteiger partial charge on any atom is 0.330 e. The molecule has 0 aliphatic carbocycles. The van der Waals surface area contributed by atoms with E-state index in [1.165, 1.54) is 20.6 Å². The molecule has 2 heterocycles. The molecule has 8 heteroatoms. The molecule has 4 atom stereocenters. The molecular formula is C18H34NO6P. The van der Waals surface area contributed by atoms with Gasteiger partial charge in [0.25, 0.3) is 0 Å². The van der Waals surface area contributed by atoms with Crippen LogP contribution in [0, 0.1) is 0 Å². The Labute approximate surface area is 157 Å². The van der Waals surface area contributed by atoms with E-state index in [4.69, 9.17) is 18.5 Å². The molecule has 26 heavy (non-hydrogen) atoms. The van der Waals surface area contributed by atoms with Crippen molar-refractivity contribution < 1.29 is 27.9 Å². The smallest absolute Gasteiger partial charge is 0.330 e. The van der Waals surface area contributed by atoms with Gasteiger partial charge < -0.3 is 18.5 Å². The van der Waals surface area contributed by atoms with E-state index in [2.05, 4.69) is 4.90 Å². The van der Waals surface area contributed by atoms with Crippen LogP contribution >= 0.6 is 7.60 Å². The van der Waals surface area contributed by atoms with Crippen molar-refractivity contribution in [1.82, 2.24) is 4.90 Å². The molecule has 2 saturated heterocycles. The highest BCUT2D eigenvalue weighted by atomic mass is 31.2. The molecule has 2 aliphatic heterocycles. The zero-order valence-corrected chi connectivity index (χ0v) is 17.4. The molecule has 0 radical (unpaired) electrons. The first-order valence-corrected chi connectivity index (χ1v) is 11.4. The van der Waals surface area contributed by atoms with Crippen molar-refractivity contribution in [3.05, 3.63) is 0 Å². The van der Waals surface area contributed by atoms with Gasteiger partial charge >= 0.3 is 7.60 Å². The number of hydrogen-bond donors (Lipinski definition) is 0. The molecule has 2 aliphatic rings. The van der Waals surface area contributed by atoms with Crippen molar-refractivity contribution in [3.63, 3.8) is 0 Å². The first kappa shape index (κ1) is 22.0. The maximum atomic E-state index is 12.2. The third kappa shape index (κ3) is 5.85. The third-order valence-corrected chi connectivity index (χ3v) is 7.37. The Morgan fingerprint density at radius 3 is 2.65 bits per heavy atom. The van der Waals surface area contributed by atoms with E-state index in [1.807, 2.05) is 13.8 Å². The van der Waals surface area contributed by atoms with Crippen molar-refractivity contribution in [3.8, 4) is 0 Å². The summed E-state index contributed by atoms with van der Waals surface area (Å²) in [6.45, 7) is 5.64. The molecule has 2 fully saturated rings. The fraction of sp³-hybridized carbons (Fsp3) is 0.944. The summed E-state index contributed by atoms with van der Waals surface area (Å²) in [6.07, 6.45) is 4.97. The lowest BCUT2D eigenvalue weighted by molar-refractivity contribution is -0.161. The minimum absolute atomic E-state index is 0.113. The number of carbonyl (C=O) groups excluding carboxylic acids is 1. The lowest BCUT2D eigenvalue weighted by Gasteiger charge is -2.25. The van der Waals surface area contributed by atoms with Crippen LogP contribution < -0.4 is 0 Å². The molecular weight excluding hydrogens is 357 g/mol. The number of nitrogens with zero attached hydrogens (tertiary/aromatic N) is 1. The number of ketones is 1. The fourth-order valence-electron chi connectivity index (χ4n) is 4.15. The van der Waals surface area contributed by atoms with E-state index in [1.54, 1.807) is 0 Å². The topological polar surface area (TPSA) is 74.3 Å². The Bertz CT molecular complexity index is 494. The Balaban J connectivity index is 1.80. The average Bonchev–Trinajstić information content (AvgIpc) is 3.22. The number of fused-ring (bicyclic) bond motifs is 1. The van der Waals surface area contributed by atoms with Gasteiger partial charge in [0.05, 0.1) is 12.3 Å². The highest BCUT2D eigenvalue weighted by molar-refractivity contribution is 7.53. The van der Waals surface area contributed by atoms with Gasteiger partial charge in [-0.3, -0.25) is 14.3 Å². The zero-order valence-electron chi connectivity index (χ0n) is 16.5. The summed E-state index contributed by atoms with van der Waals surface area (Å²) in [5, 5.41) is 0. The maximum absolute atomic E-state index is 12.2. The number of Topliss-reactive ketones (excluding diaryl/α,β-unsaturated/α-hetero) is 1. The molecule has 0 N–H and O–H groups in total. The number of ether oxygens (including phenoxy) is 2. The van der Waals surface area contributed by atoms with Crippen LogP contribution in [0.2, 0.25) is 0 Å². The van der Waals surface area contributed by atoms with Crippen LogP contribution in [0.5, 0.6) is 0 Å². The van der Waals surface area contributed by atoms with Crippen LogP contribution in [0.3, 0.4) is 0 Å². The standard InChI is InChI=1S/C18H34NO6P/c1-5-24-14(2)25-18-13-15(19-11-6-7-17(18)19)8-9-16(20)10-12-26(21,22-3)23-4/h14-15,17-18H,5-13H2,1-4H3/t14?,15-,17-,18+/m0/s1. The molecule has 0 aromatic carbocycles. The second-order valence-electron chi connectivity index (χ2n) is 7.06. The fourth-order valence-corrected chi connectivity index (χ4v) is 5.19. The summed E-state index contributed by atoms with van der Waals surface area (Å²) in [4.78, 5) is 14.7. The zero-order chi connectivity index (χ0) is 19.2. The van der Waals surface area contributed by atoms with Crippen molar-refractivity contribution >= 4 is 13.4 Å². The summed E-state index contributed by atoms with van der Waals surface area (Å²) in [7, 11) is -0.397. The molecule has 0 spiro atoms. The van der Waals surface area contributed by atoms with E-state index in [0.29, 0.717) is 25.1 Å². The highest BCUT2D eigenvalue weighted by Crippen LogP contribution is 2.47. The Morgan fingerprint density at radius 2 is 2.00 bits per heavy atom. The van der Waals surface area contributed by atoms with E-state index in [-0.39, 0.29) is 30.8 Å². The molecule has 1 unspecified atom stereocenters. The third-order valence-electron chi connectivity index (χ3n) is 5.49. The highest BCUT2D eigenvalue weighted by Gasteiger charge is 2.44. The van der Waals surface area contributed by atoms with Gasteiger partial charge in [0.15, 0.2) is 6.29 Å². The Hall–Kier alpha value is -0.300. The molecule has 0 aromatic heterocycles. The van der Waals surface area contributed by atoms with E-state index < -0.39 is 7.60 Å². The molecule has 152 valence electrons. The van der Waals surface area contributed by atoms with Crippen LogP contribution in [0.15, 0.2) is 0 Å². The van der Waals surface area contributed by atoms with Gasteiger partial charge in [-0.1, -0.05) is 0 Å². The largest absolute Gasteiger partial charge is 0.353 e. The Kier molecular flexibility index (Phi) is 8.71. The van der Waals surface area contributed by atoms with Gasteiger partial charge in [-0.05, 0) is 46.1 Å². The summed E-state index contributed by atoms with van der Waals surface area (Å²) in [5.41, 5.74) is 0. The summed E-state index contributed by atoms with van der Waals surface area (Å²) in [5.74, 6) is 0.113. The van der Waals surface area contributed by atoms with Gasteiger partial charge in [0.1, 0.15) is 5.78 Å². The molecule has 2 rings (SSSR count). The van der Waals surface area contributed by atoms with Crippen molar-refractivity contribution in [2.24, 2.45) is 0 Å².